The molecule has 0 aliphatic heterocycles. The first kappa shape index (κ1) is 11.6. The fourth-order valence-corrected chi connectivity index (χ4v) is 0.562. The minimum Gasteiger partial charge on any atom is -0.371 e. The molecular weight excluding hydrogens is 154 g/mol. The normalized spacial score (nSPS) is 12.2. The maximum atomic E-state index is 11.4. The molecule has 0 heterocycles. The van der Waals surface area contributed by atoms with Crippen LogP contribution >= 0.6 is 0 Å². The van der Waals surface area contributed by atoms with Crippen LogP contribution in [0.4, 0.5) is 0 Å². The Kier molecular flexibility index (Phi) is 4.42. The highest BCUT2D eigenvalue weighted by Crippen LogP contribution is 2.03. The predicted molar refractivity (Wildman–Crippen MR) is 49.2 cm³/mol. The Morgan fingerprint density at radius 3 is 2.33 bits per heavy atom. The molecule has 0 aromatic rings. The van der Waals surface area contributed by atoms with Gasteiger partial charge in [-0.25, -0.2) is 0 Å². The number of rotatable bonds is 5. The van der Waals surface area contributed by atoms with E-state index >= 15 is 0 Å². The van der Waals surface area contributed by atoms with Crippen LogP contribution in [-0.2, 0) is 9.53 Å². The number of ketones is 1. The third-order valence-electron chi connectivity index (χ3n) is 1.87. The lowest BCUT2D eigenvalue weighted by molar-refractivity contribution is -0.130. The average Bonchev–Trinajstić information content (AvgIpc) is 2.00. The molecule has 3 heteroatoms. The van der Waals surface area contributed by atoms with Crippen LogP contribution in [0.2, 0.25) is 0 Å². The van der Waals surface area contributed by atoms with Crippen LogP contribution in [0.3, 0.4) is 0 Å². The van der Waals surface area contributed by atoms with Crippen LogP contribution in [-0.4, -0.2) is 31.1 Å². The first-order valence-corrected chi connectivity index (χ1v) is 4.24. The van der Waals surface area contributed by atoms with E-state index in [9.17, 15) is 4.79 Å². The molecular formula is C9H19NO2. The van der Waals surface area contributed by atoms with Gasteiger partial charge in [-0.2, -0.15) is 0 Å². The molecule has 0 saturated heterocycles. The molecule has 0 bridgehead atoms. The Bertz CT molecular complexity index is 153. The van der Waals surface area contributed by atoms with Crippen molar-refractivity contribution in [1.29, 1.82) is 0 Å². The van der Waals surface area contributed by atoms with Crippen LogP contribution in [0.15, 0.2) is 0 Å². The number of Topliss-reactive ketones (excluding diaryl/α,β-unsaturated/α-hetero) is 1. The summed E-state index contributed by atoms with van der Waals surface area (Å²) in [6.07, 6.45) is 0.113. The van der Waals surface area contributed by atoms with Crippen molar-refractivity contribution in [3.05, 3.63) is 0 Å². The van der Waals surface area contributed by atoms with Gasteiger partial charge < -0.3 is 10.1 Å². The maximum absolute atomic E-state index is 11.4. The summed E-state index contributed by atoms with van der Waals surface area (Å²) in [6.45, 7) is 7.71. The zero-order valence-electron chi connectivity index (χ0n) is 8.60. The summed E-state index contributed by atoms with van der Waals surface area (Å²) in [5.74, 6) is 0.0821. The second kappa shape index (κ2) is 4.58. The van der Waals surface area contributed by atoms with Gasteiger partial charge >= 0.3 is 0 Å². The highest BCUT2D eigenvalue weighted by Gasteiger charge is 2.24. The van der Waals surface area contributed by atoms with Crippen molar-refractivity contribution in [1.82, 2.24) is 5.32 Å². The summed E-state index contributed by atoms with van der Waals surface area (Å²) >= 11 is 0. The van der Waals surface area contributed by atoms with Gasteiger partial charge in [0.1, 0.15) is 6.61 Å². The zero-order chi connectivity index (χ0) is 9.78. The van der Waals surface area contributed by atoms with Gasteiger partial charge in [-0.15, -0.1) is 0 Å². The summed E-state index contributed by atoms with van der Waals surface area (Å²) in [4.78, 5) is 11.4. The van der Waals surface area contributed by atoms with E-state index in [4.69, 9.17) is 4.74 Å². The lowest BCUT2D eigenvalue weighted by Crippen LogP contribution is -2.46. The molecule has 0 aliphatic rings. The van der Waals surface area contributed by atoms with Gasteiger partial charge in [-0.05, 0) is 34.7 Å². The fourth-order valence-electron chi connectivity index (χ4n) is 0.562. The third kappa shape index (κ3) is 3.83. The van der Waals surface area contributed by atoms with Gasteiger partial charge in [0, 0.05) is 0 Å². The minimum atomic E-state index is -0.477. The largest absolute Gasteiger partial charge is 0.371 e. The summed E-state index contributed by atoms with van der Waals surface area (Å²) in [7, 11) is 1.77. The van der Waals surface area contributed by atoms with Crippen LogP contribution in [0, 0.1) is 0 Å². The van der Waals surface area contributed by atoms with E-state index in [1.54, 1.807) is 7.05 Å². The van der Waals surface area contributed by atoms with Crippen molar-refractivity contribution < 1.29 is 9.53 Å². The third-order valence-corrected chi connectivity index (χ3v) is 1.87. The predicted octanol–water partition coefficient (Wildman–Crippen LogP) is 0.978. The monoisotopic (exact) mass is 173 g/mol. The SMILES string of the molecule is CNC(C)(C)C(=O)COC(C)C. The topological polar surface area (TPSA) is 38.3 Å². The summed E-state index contributed by atoms with van der Waals surface area (Å²) < 4.78 is 5.20. The molecule has 0 unspecified atom stereocenters. The van der Waals surface area contributed by atoms with E-state index in [-0.39, 0.29) is 18.5 Å². The number of nitrogens with one attached hydrogen (secondary N) is 1. The number of carbonyl (C=O) groups is 1. The zero-order valence-corrected chi connectivity index (χ0v) is 8.60. The van der Waals surface area contributed by atoms with E-state index in [1.165, 1.54) is 0 Å². The molecule has 0 saturated carbocycles. The highest BCUT2D eigenvalue weighted by molar-refractivity contribution is 5.88. The summed E-state index contributed by atoms with van der Waals surface area (Å²) in [5, 5.41) is 2.94. The van der Waals surface area contributed by atoms with Crippen LogP contribution in [0.1, 0.15) is 27.7 Å². The van der Waals surface area contributed by atoms with E-state index in [1.807, 2.05) is 27.7 Å². The number of carbonyl (C=O) groups excluding carboxylic acids is 1. The van der Waals surface area contributed by atoms with Crippen molar-refractivity contribution in [2.75, 3.05) is 13.7 Å². The van der Waals surface area contributed by atoms with Crippen molar-refractivity contribution in [2.24, 2.45) is 0 Å². The van der Waals surface area contributed by atoms with Crippen LogP contribution in [0.25, 0.3) is 0 Å². The van der Waals surface area contributed by atoms with Gasteiger partial charge in [0.05, 0.1) is 11.6 Å². The lowest BCUT2D eigenvalue weighted by atomic mass is 10.0. The van der Waals surface area contributed by atoms with Crippen molar-refractivity contribution in [3.8, 4) is 0 Å². The Balaban J connectivity index is 3.88. The van der Waals surface area contributed by atoms with Gasteiger partial charge in [-0.3, -0.25) is 4.79 Å². The Hall–Kier alpha value is -0.410. The molecule has 12 heavy (non-hydrogen) atoms. The first-order chi connectivity index (χ1) is 5.40. The maximum Gasteiger partial charge on any atom is 0.177 e. The number of hydrogen-bond donors (Lipinski definition) is 1. The van der Waals surface area contributed by atoms with Crippen molar-refractivity contribution in [3.63, 3.8) is 0 Å². The molecule has 0 radical (unpaired) electrons. The molecule has 0 rings (SSSR count). The molecule has 1 N–H and O–H groups in total. The fraction of sp³-hybridized carbons (Fsp3) is 0.889. The first-order valence-electron chi connectivity index (χ1n) is 4.24. The molecule has 0 aromatic heterocycles. The molecule has 3 nitrogen and oxygen atoms in total. The molecule has 0 atom stereocenters. The Labute approximate surface area is 74.5 Å². The standard InChI is InChI=1S/C9H19NO2/c1-7(2)12-6-8(11)9(3,4)10-5/h7,10H,6H2,1-5H3. The Morgan fingerprint density at radius 1 is 1.50 bits per heavy atom. The van der Waals surface area contributed by atoms with E-state index in [2.05, 4.69) is 5.32 Å². The van der Waals surface area contributed by atoms with Crippen LogP contribution < -0.4 is 5.32 Å². The van der Waals surface area contributed by atoms with Crippen LogP contribution in [0.5, 0.6) is 0 Å². The highest BCUT2D eigenvalue weighted by atomic mass is 16.5. The average molecular weight is 173 g/mol. The van der Waals surface area contributed by atoms with E-state index in [0.29, 0.717) is 0 Å². The Morgan fingerprint density at radius 2 is 2.00 bits per heavy atom. The second-order valence-electron chi connectivity index (χ2n) is 3.66. The molecule has 72 valence electrons. The lowest BCUT2D eigenvalue weighted by Gasteiger charge is -2.22. The molecule has 0 spiro atoms. The molecule has 0 fully saturated rings. The van der Waals surface area contributed by atoms with E-state index < -0.39 is 5.54 Å². The van der Waals surface area contributed by atoms with Crippen molar-refractivity contribution >= 4 is 5.78 Å². The molecule has 0 aliphatic carbocycles. The number of ether oxygens (including phenoxy) is 1. The van der Waals surface area contributed by atoms with Gasteiger partial charge in [-0.1, -0.05) is 0 Å². The number of likely N-dealkylation sites (N-methyl/N-ethyl adjacent to an activating group) is 1. The van der Waals surface area contributed by atoms with E-state index in [0.717, 1.165) is 0 Å². The summed E-state index contributed by atoms with van der Waals surface area (Å²) in [6, 6.07) is 0. The number of hydrogen-bond acceptors (Lipinski definition) is 3. The van der Waals surface area contributed by atoms with Gasteiger partial charge in [0.25, 0.3) is 0 Å². The molecule has 0 amide bonds. The smallest absolute Gasteiger partial charge is 0.177 e. The van der Waals surface area contributed by atoms with Gasteiger partial charge in [0.2, 0.25) is 0 Å². The van der Waals surface area contributed by atoms with Gasteiger partial charge in [0.15, 0.2) is 5.78 Å². The van der Waals surface area contributed by atoms with Crippen molar-refractivity contribution in [2.45, 2.75) is 39.3 Å². The quantitative estimate of drug-likeness (QED) is 0.673. The minimum absolute atomic E-state index is 0.0821. The second-order valence-corrected chi connectivity index (χ2v) is 3.66. The molecule has 0 aromatic carbocycles. The summed E-state index contributed by atoms with van der Waals surface area (Å²) in [5.41, 5.74) is -0.477.